The van der Waals surface area contributed by atoms with E-state index in [0.29, 0.717) is 25.1 Å². The van der Waals surface area contributed by atoms with E-state index in [4.69, 9.17) is 0 Å². The van der Waals surface area contributed by atoms with E-state index >= 15 is 0 Å². The Labute approximate surface area is 186 Å². The van der Waals surface area contributed by atoms with Crippen molar-refractivity contribution >= 4 is 33.6 Å². The molecule has 131 valence electrons. The van der Waals surface area contributed by atoms with Crippen molar-refractivity contribution in [2.24, 2.45) is 0 Å². The summed E-state index contributed by atoms with van der Waals surface area (Å²) in [6, 6.07) is 16.2. The van der Waals surface area contributed by atoms with Gasteiger partial charge in [-0.15, -0.1) is 6.07 Å². The van der Waals surface area contributed by atoms with Crippen molar-refractivity contribution in [3.05, 3.63) is 64.1 Å². The fourth-order valence-electron chi connectivity index (χ4n) is 3.93. The Morgan fingerprint density at radius 3 is 2.62 bits per heavy atom. The average molecular weight is 487 g/mol. The monoisotopic (exact) mass is 486 g/mol. The van der Waals surface area contributed by atoms with E-state index < -0.39 is 5.54 Å². The summed E-state index contributed by atoms with van der Waals surface area (Å²) in [7, 11) is 0. The molecule has 0 aliphatic carbocycles. The fourth-order valence-corrected chi connectivity index (χ4v) is 4.19. The van der Waals surface area contributed by atoms with Crippen LogP contribution in [-0.2, 0) is 43.9 Å². The van der Waals surface area contributed by atoms with Gasteiger partial charge in [0.05, 0.1) is 0 Å². The zero-order valence-electron chi connectivity index (χ0n) is 14.5. The molecule has 6 heteroatoms. The smallest absolute Gasteiger partial charge is 0.310 e. The number of urea groups is 1. The van der Waals surface area contributed by atoms with E-state index in [-0.39, 0.29) is 44.6 Å². The number of hydrogen-bond acceptors (Lipinski definition) is 2. The summed E-state index contributed by atoms with van der Waals surface area (Å²) in [6.07, 6.45) is 2.12. The Hall–Kier alpha value is -1.04. The van der Waals surface area contributed by atoms with Crippen molar-refractivity contribution in [2.75, 3.05) is 11.4 Å². The van der Waals surface area contributed by atoms with Gasteiger partial charge in [-0.25, -0.2) is 4.79 Å². The van der Waals surface area contributed by atoms with Crippen molar-refractivity contribution in [3.63, 3.8) is 0 Å². The molecule has 2 aliphatic heterocycles. The summed E-state index contributed by atoms with van der Waals surface area (Å²) in [5.74, 6) is -0.114. The second-order valence-electron chi connectivity index (χ2n) is 6.78. The topological polar surface area (TPSA) is 40.6 Å². The molecule has 2 fully saturated rings. The summed E-state index contributed by atoms with van der Waals surface area (Å²) in [5.41, 5.74) is 1.90. The van der Waals surface area contributed by atoms with Crippen LogP contribution in [0.3, 0.4) is 0 Å². The van der Waals surface area contributed by atoms with Gasteiger partial charge in [0, 0.05) is 50.1 Å². The number of carbonyl (C=O) groups excluding carboxylic acids is 2. The number of fused-ring (bicyclic) bond motifs is 1. The van der Waals surface area contributed by atoms with Crippen LogP contribution in [0.5, 0.6) is 0 Å². The third-order valence-electron chi connectivity index (χ3n) is 5.10. The van der Waals surface area contributed by atoms with Gasteiger partial charge in [0.25, 0.3) is 0 Å². The zero-order valence-corrected chi connectivity index (χ0v) is 19.0. The molecule has 1 atom stereocenters. The van der Waals surface area contributed by atoms with Crippen LogP contribution in [0.2, 0.25) is 0 Å². The molecular weight excluding hydrogens is 469 g/mol. The molecule has 0 N–H and O–H groups in total. The van der Waals surface area contributed by atoms with Crippen LogP contribution in [0.15, 0.2) is 46.9 Å². The van der Waals surface area contributed by atoms with Crippen LogP contribution in [-0.4, -0.2) is 28.9 Å². The Balaban J connectivity index is 0.00000196. The largest absolute Gasteiger partial charge is 0.321 e. The van der Waals surface area contributed by atoms with Gasteiger partial charge in [0.2, 0.25) is 5.91 Å². The molecule has 0 spiro atoms. The molecule has 2 aromatic rings. The number of nitrogens with zero attached hydrogens (tertiary/aromatic N) is 2. The summed E-state index contributed by atoms with van der Waals surface area (Å²) in [6.45, 7) is 2.57. The summed E-state index contributed by atoms with van der Waals surface area (Å²) < 4.78 is 1.00. The van der Waals surface area contributed by atoms with E-state index in [1.807, 2.05) is 43.3 Å². The van der Waals surface area contributed by atoms with E-state index in [9.17, 15) is 9.59 Å². The van der Waals surface area contributed by atoms with Crippen molar-refractivity contribution in [2.45, 2.75) is 31.7 Å². The van der Waals surface area contributed by atoms with E-state index in [0.717, 1.165) is 22.0 Å². The van der Waals surface area contributed by atoms with Gasteiger partial charge in [0.15, 0.2) is 0 Å². The first kappa shape index (κ1) is 19.7. The molecule has 4 rings (SSSR count). The number of amides is 3. The Bertz CT molecular complexity index is 855. The molecule has 0 bridgehead atoms. The number of halogens is 1. The minimum atomic E-state index is -0.755. The van der Waals surface area contributed by atoms with E-state index in [2.05, 4.69) is 22.0 Å². The van der Waals surface area contributed by atoms with Gasteiger partial charge in [-0.05, 0) is 30.5 Å². The summed E-state index contributed by atoms with van der Waals surface area (Å²) in [4.78, 5) is 29.4. The normalized spacial score (nSPS) is 21.8. The third kappa shape index (κ3) is 3.19. The predicted octanol–water partition coefficient (Wildman–Crippen LogP) is 4.10. The maximum Gasteiger partial charge on any atom is 0.321 e. The molecule has 2 saturated heterocycles. The number of rotatable bonds is 3. The van der Waals surface area contributed by atoms with Crippen LogP contribution < -0.4 is 4.90 Å². The molecule has 2 aliphatic rings. The minimum Gasteiger partial charge on any atom is -0.310 e. The van der Waals surface area contributed by atoms with E-state index in [1.165, 1.54) is 4.90 Å². The number of hydrogen-bond donors (Lipinski definition) is 0. The molecule has 4 nitrogen and oxygen atoms in total. The number of carbonyl (C=O) groups is 2. The molecule has 1 unspecified atom stereocenters. The van der Waals surface area contributed by atoms with Crippen molar-refractivity contribution < 1.29 is 42.3 Å². The van der Waals surface area contributed by atoms with Crippen LogP contribution in [0.25, 0.3) is 0 Å². The Kier molecular flexibility index (Phi) is 5.71. The van der Waals surface area contributed by atoms with Gasteiger partial charge in [-0.1, -0.05) is 40.7 Å². The molecule has 0 saturated carbocycles. The SMILES string of the molecule is Cc1c[c-]cc(N2C(=O)N3CCCC3(Cc3ccc(Br)cc3)C2=O)c1.[Y]. The first-order valence-electron chi connectivity index (χ1n) is 8.40. The molecule has 3 amide bonds. The quantitative estimate of drug-likeness (QED) is 0.484. The minimum absolute atomic E-state index is 0. The summed E-state index contributed by atoms with van der Waals surface area (Å²) in [5, 5.41) is 0. The van der Waals surface area contributed by atoms with Gasteiger partial charge in [0.1, 0.15) is 5.54 Å². The molecule has 2 heterocycles. The number of anilines is 1. The fraction of sp³-hybridized carbons (Fsp3) is 0.300. The molecule has 0 aromatic heterocycles. The van der Waals surface area contributed by atoms with Gasteiger partial charge in [-0.2, -0.15) is 23.8 Å². The van der Waals surface area contributed by atoms with Crippen LogP contribution in [0, 0.1) is 13.0 Å². The Morgan fingerprint density at radius 1 is 1.19 bits per heavy atom. The van der Waals surface area contributed by atoms with Gasteiger partial charge in [-0.3, -0.25) is 9.69 Å². The van der Waals surface area contributed by atoms with Gasteiger partial charge >= 0.3 is 6.03 Å². The van der Waals surface area contributed by atoms with Crippen molar-refractivity contribution in [1.82, 2.24) is 4.90 Å². The second kappa shape index (κ2) is 7.53. The standard InChI is InChI=1S/C20H18BrN2O2.Y/c1-14-4-2-5-17(12-14)23-18(24)20(10-3-11-22(20)19(23)25)13-15-6-8-16(21)9-7-15;/h4-9,12H,3,10-11,13H2,1H3;/q-1;. The number of imide groups is 1. The molecule has 26 heavy (non-hydrogen) atoms. The van der Waals surface area contributed by atoms with Crippen molar-refractivity contribution in [3.8, 4) is 0 Å². The maximum atomic E-state index is 13.3. The molecule has 2 aromatic carbocycles. The maximum absolute atomic E-state index is 13.3. The van der Waals surface area contributed by atoms with Crippen LogP contribution in [0.1, 0.15) is 24.0 Å². The summed E-state index contributed by atoms with van der Waals surface area (Å²) >= 11 is 3.44. The Morgan fingerprint density at radius 2 is 1.92 bits per heavy atom. The first-order chi connectivity index (χ1) is 12.0. The van der Waals surface area contributed by atoms with Crippen molar-refractivity contribution in [1.29, 1.82) is 0 Å². The van der Waals surface area contributed by atoms with E-state index in [1.54, 1.807) is 11.0 Å². The molecule has 1 radical (unpaired) electrons. The number of aryl methyl sites for hydroxylation is 1. The first-order valence-corrected chi connectivity index (χ1v) is 9.19. The third-order valence-corrected chi connectivity index (χ3v) is 5.63. The molecular formula is C20H18BrN2O2Y-. The van der Waals surface area contributed by atoms with Crippen LogP contribution >= 0.6 is 15.9 Å². The second-order valence-corrected chi connectivity index (χ2v) is 7.70. The zero-order chi connectivity index (χ0) is 17.6. The predicted molar refractivity (Wildman–Crippen MR) is 99.4 cm³/mol. The number of benzene rings is 2. The average Bonchev–Trinajstić information content (AvgIpc) is 3.09. The van der Waals surface area contributed by atoms with Crippen LogP contribution in [0.4, 0.5) is 10.5 Å². The van der Waals surface area contributed by atoms with Gasteiger partial charge < -0.3 is 4.90 Å².